The number of carbonyl (C=O) groups excluding carboxylic acids is 1. The summed E-state index contributed by atoms with van der Waals surface area (Å²) in [6, 6.07) is 13.0. The van der Waals surface area contributed by atoms with E-state index in [1.165, 1.54) is 6.92 Å². The highest BCUT2D eigenvalue weighted by molar-refractivity contribution is 6.36. The molecule has 0 aliphatic carbocycles. The molecule has 1 fully saturated rings. The Bertz CT molecular complexity index is 1670. The normalized spacial score (nSPS) is 13.5. The first-order valence-corrected chi connectivity index (χ1v) is 14.7. The molecule has 2 aromatic carbocycles. The Morgan fingerprint density at radius 2 is 1.77 bits per heavy atom. The molecule has 10 nitrogen and oxygen atoms in total. The van der Waals surface area contributed by atoms with Gasteiger partial charge in [-0.15, -0.1) is 0 Å². The molecule has 2 aromatic heterocycles. The highest BCUT2D eigenvalue weighted by atomic mass is 35.5. The van der Waals surface area contributed by atoms with Crippen LogP contribution >= 0.6 is 11.6 Å². The zero-order valence-corrected chi connectivity index (χ0v) is 26.7. The van der Waals surface area contributed by atoms with Gasteiger partial charge < -0.3 is 24.2 Å². The van der Waals surface area contributed by atoms with Crippen molar-refractivity contribution in [1.82, 2.24) is 24.8 Å². The maximum Gasteiger partial charge on any atom is 0.410 e. The Morgan fingerprint density at radius 3 is 2.41 bits per heavy atom. The summed E-state index contributed by atoms with van der Waals surface area (Å²) < 4.78 is 27.8. The summed E-state index contributed by atoms with van der Waals surface area (Å²) in [5.41, 5.74) is 0.257. The van der Waals surface area contributed by atoms with Crippen molar-refractivity contribution < 1.29 is 18.7 Å². The summed E-state index contributed by atoms with van der Waals surface area (Å²) in [7, 11) is 3.88. The van der Waals surface area contributed by atoms with E-state index in [-0.39, 0.29) is 23.3 Å². The summed E-state index contributed by atoms with van der Waals surface area (Å²) in [4.78, 5) is 31.9. The second kappa shape index (κ2) is 14.0. The van der Waals surface area contributed by atoms with E-state index < -0.39 is 11.4 Å². The highest BCUT2D eigenvalue weighted by Crippen LogP contribution is 2.37. The first-order chi connectivity index (χ1) is 20.9. The maximum absolute atomic E-state index is 16.4. The van der Waals surface area contributed by atoms with Gasteiger partial charge in [-0.1, -0.05) is 41.9 Å². The van der Waals surface area contributed by atoms with Crippen molar-refractivity contribution in [3.8, 4) is 23.3 Å². The topological polar surface area (TPSA) is 108 Å². The molecule has 0 unspecified atom stereocenters. The van der Waals surface area contributed by atoms with Gasteiger partial charge in [-0.05, 0) is 46.3 Å². The van der Waals surface area contributed by atoms with Crippen LogP contribution in [0.5, 0.6) is 6.01 Å². The molecule has 0 N–H and O–H groups in total. The van der Waals surface area contributed by atoms with Gasteiger partial charge in [0.05, 0.1) is 11.5 Å². The second-order valence-electron chi connectivity index (χ2n) is 11.5. The lowest BCUT2D eigenvalue weighted by Crippen LogP contribution is -2.50. The number of hydrogen-bond acceptors (Lipinski definition) is 9. The molecule has 5 rings (SSSR count). The minimum atomic E-state index is -0.580. The molecule has 0 saturated carbocycles. The van der Waals surface area contributed by atoms with Crippen LogP contribution in [0.4, 0.5) is 15.0 Å². The van der Waals surface area contributed by atoms with Crippen molar-refractivity contribution in [3.63, 3.8) is 0 Å². The highest BCUT2D eigenvalue weighted by Gasteiger charge is 2.28. The molecule has 1 amide bonds. The number of halogens is 2. The SMILES string of the molecule is CC#N.CN(C)CCOc1nc(N2CCN(C(=O)OC(C)(C)C)CC2)c2cnc(-c3cccc4cccc(Cl)c34)c(F)c2n1. The molecule has 3 heterocycles. The van der Waals surface area contributed by atoms with Crippen molar-refractivity contribution in [3.05, 3.63) is 53.4 Å². The fraction of sp³-hybridized carbons (Fsp3) is 0.406. The molecule has 0 radical (unpaired) electrons. The number of ether oxygens (including phenoxy) is 2. The van der Waals surface area contributed by atoms with Crippen LogP contribution in [0, 0.1) is 17.1 Å². The van der Waals surface area contributed by atoms with Gasteiger partial charge in [0, 0.05) is 61.8 Å². The Balaban J connectivity index is 0.00000141. The number of pyridine rings is 1. The molecule has 4 aromatic rings. The van der Waals surface area contributed by atoms with Gasteiger partial charge in [-0.25, -0.2) is 9.18 Å². The number of nitriles is 1. The van der Waals surface area contributed by atoms with Crippen molar-refractivity contribution >= 4 is 45.2 Å². The third kappa shape index (κ3) is 7.62. The Morgan fingerprint density at radius 1 is 1.11 bits per heavy atom. The van der Waals surface area contributed by atoms with E-state index in [1.807, 2.05) is 68.9 Å². The number of anilines is 1. The van der Waals surface area contributed by atoms with Gasteiger partial charge in [-0.3, -0.25) is 4.98 Å². The van der Waals surface area contributed by atoms with Crippen LogP contribution in [-0.2, 0) is 4.74 Å². The van der Waals surface area contributed by atoms with Crippen molar-refractivity contribution in [2.45, 2.75) is 33.3 Å². The van der Waals surface area contributed by atoms with Gasteiger partial charge in [0.2, 0.25) is 0 Å². The van der Waals surface area contributed by atoms with Crippen LogP contribution in [0.25, 0.3) is 32.9 Å². The van der Waals surface area contributed by atoms with E-state index in [2.05, 4.69) is 15.0 Å². The molecular weight excluding hydrogens is 585 g/mol. The molecular formula is C32H37ClFN7O3. The second-order valence-corrected chi connectivity index (χ2v) is 11.9. The van der Waals surface area contributed by atoms with Gasteiger partial charge >= 0.3 is 12.1 Å². The number of fused-ring (bicyclic) bond motifs is 2. The summed E-state index contributed by atoms with van der Waals surface area (Å²) in [6.07, 6.45) is 1.24. The van der Waals surface area contributed by atoms with Crippen LogP contribution in [0.2, 0.25) is 5.02 Å². The van der Waals surface area contributed by atoms with Crippen LogP contribution in [-0.4, -0.2) is 89.9 Å². The van der Waals surface area contributed by atoms with Crippen LogP contribution in [0.15, 0.2) is 42.6 Å². The number of benzene rings is 2. The van der Waals surface area contributed by atoms with Gasteiger partial charge in [0.25, 0.3) is 0 Å². The molecule has 12 heteroatoms. The monoisotopic (exact) mass is 621 g/mol. The minimum Gasteiger partial charge on any atom is -0.462 e. The number of piperazine rings is 1. The number of aromatic nitrogens is 3. The zero-order valence-electron chi connectivity index (χ0n) is 25.9. The molecule has 1 aliphatic rings. The van der Waals surface area contributed by atoms with Crippen LogP contribution < -0.4 is 9.64 Å². The first-order valence-electron chi connectivity index (χ1n) is 14.3. The molecule has 0 atom stereocenters. The molecule has 1 aliphatic heterocycles. The zero-order chi connectivity index (χ0) is 32.0. The van der Waals surface area contributed by atoms with Gasteiger partial charge in [0.15, 0.2) is 5.82 Å². The van der Waals surface area contributed by atoms with Gasteiger partial charge in [0.1, 0.15) is 29.2 Å². The predicted octanol–water partition coefficient (Wildman–Crippen LogP) is 6.16. The lowest BCUT2D eigenvalue weighted by molar-refractivity contribution is 0.0240. The van der Waals surface area contributed by atoms with E-state index in [9.17, 15) is 4.79 Å². The molecule has 232 valence electrons. The summed E-state index contributed by atoms with van der Waals surface area (Å²) >= 11 is 6.54. The molecule has 1 saturated heterocycles. The smallest absolute Gasteiger partial charge is 0.410 e. The number of nitrogens with zero attached hydrogens (tertiary/aromatic N) is 7. The third-order valence-electron chi connectivity index (χ3n) is 6.75. The average molecular weight is 622 g/mol. The number of likely N-dealkylation sites (N-methyl/N-ethyl adjacent to an activating group) is 1. The predicted molar refractivity (Wildman–Crippen MR) is 171 cm³/mol. The van der Waals surface area contributed by atoms with Crippen molar-refractivity contribution in [2.75, 3.05) is 58.3 Å². The number of hydrogen-bond donors (Lipinski definition) is 0. The number of amides is 1. The third-order valence-corrected chi connectivity index (χ3v) is 7.07. The van der Waals surface area contributed by atoms with E-state index in [1.54, 1.807) is 29.3 Å². The average Bonchev–Trinajstić information content (AvgIpc) is 2.97. The van der Waals surface area contributed by atoms with Crippen molar-refractivity contribution in [1.29, 1.82) is 5.26 Å². The first kappa shape index (κ1) is 32.6. The molecule has 0 spiro atoms. The molecule has 44 heavy (non-hydrogen) atoms. The van der Waals surface area contributed by atoms with Crippen LogP contribution in [0.1, 0.15) is 27.7 Å². The van der Waals surface area contributed by atoms with E-state index >= 15 is 4.39 Å². The van der Waals surface area contributed by atoms with Crippen molar-refractivity contribution in [2.24, 2.45) is 0 Å². The standard InChI is InChI=1S/C30H34ClFN6O3.C2H3N/c1-30(2,3)41-29(39)38-14-12-37(13-15-38)27-21-18-33-25(20-10-6-8-19-9-7-11-22(31)23(19)20)24(32)26(21)34-28(35-27)40-17-16-36(4)5;1-2-3/h6-11,18H,12-17H2,1-5H3;1H3. The minimum absolute atomic E-state index is 0.0796. The lowest BCUT2D eigenvalue weighted by atomic mass is 10.0. The fourth-order valence-electron chi connectivity index (χ4n) is 4.75. The quantitative estimate of drug-likeness (QED) is 0.250. The van der Waals surface area contributed by atoms with Crippen LogP contribution in [0.3, 0.4) is 0 Å². The summed E-state index contributed by atoms with van der Waals surface area (Å²) in [5, 5.41) is 9.90. The number of carbonyl (C=O) groups is 1. The maximum atomic E-state index is 16.4. The molecule has 0 bridgehead atoms. The Hall–Kier alpha value is -4.27. The lowest BCUT2D eigenvalue weighted by Gasteiger charge is -2.36. The Labute approximate surface area is 262 Å². The fourth-order valence-corrected chi connectivity index (χ4v) is 5.04. The summed E-state index contributed by atoms with van der Waals surface area (Å²) in [5.74, 6) is -0.0731. The largest absolute Gasteiger partial charge is 0.462 e. The van der Waals surface area contributed by atoms with E-state index in [0.717, 1.165) is 10.8 Å². The van der Waals surface area contributed by atoms with Gasteiger partial charge in [-0.2, -0.15) is 15.2 Å². The Kier molecular flexibility index (Phi) is 10.4. The van der Waals surface area contributed by atoms with E-state index in [0.29, 0.717) is 61.1 Å². The number of rotatable bonds is 6. The van der Waals surface area contributed by atoms with E-state index in [4.69, 9.17) is 26.3 Å². The summed E-state index contributed by atoms with van der Waals surface area (Å²) in [6.45, 7) is 9.75.